The lowest BCUT2D eigenvalue weighted by atomic mass is 10.0. The summed E-state index contributed by atoms with van der Waals surface area (Å²) in [5, 5.41) is 15.0. The van der Waals surface area contributed by atoms with Crippen molar-refractivity contribution < 1.29 is 9.84 Å². The fourth-order valence-corrected chi connectivity index (χ4v) is 2.37. The van der Waals surface area contributed by atoms with E-state index in [0.29, 0.717) is 6.42 Å². The monoisotopic (exact) mass is 274 g/mol. The molecule has 4 nitrogen and oxygen atoms in total. The maximum Gasteiger partial charge on any atom is 0.122 e. The molecule has 2 rings (SSSR count). The Hall–Kier alpha value is -1.81. The van der Waals surface area contributed by atoms with Gasteiger partial charge in [-0.25, -0.2) is 0 Å². The molecule has 0 amide bonds. The average molecular weight is 274 g/mol. The van der Waals surface area contributed by atoms with Gasteiger partial charge in [-0.15, -0.1) is 0 Å². The topological polar surface area (TPSA) is 47.3 Å². The molecule has 0 aliphatic rings. The van der Waals surface area contributed by atoms with E-state index in [9.17, 15) is 5.11 Å². The van der Waals surface area contributed by atoms with E-state index in [2.05, 4.69) is 12.0 Å². The molecule has 0 aliphatic heterocycles. The van der Waals surface area contributed by atoms with Gasteiger partial charge in [-0.3, -0.25) is 4.68 Å². The number of rotatable bonds is 6. The van der Waals surface area contributed by atoms with Crippen molar-refractivity contribution in [1.29, 1.82) is 0 Å². The van der Waals surface area contributed by atoms with Gasteiger partial charge in [0.2, 0.25) is 0 Å². The van der Waals surface area contributed by atoms with Crippen LogP contribution in [0.1, 0.15) is 36.9 Å². The molecule has 1 N–H and O–H groups in total. The maximum atomic E-state index is 10.5. The van der Waals surface area contributed by atoms with E-state index in [1.54, 1.807) is 7.11 Å². The van der Waals surface area contributed by atoms with Crippen LogP contribution in [0.4, 0.5) is 0 Å². The fraction of sp³-hybridized carbons (Fsp3) is 0.438. The van der Waals surface area contributed by atoms with Crippen LogP contribution in [0.3, 0.4) is 0 Å². The van der Waals surface area contributed by atoms with E-state index in [-0.39, 0.29) is 0 Å². The van der Waals surface area contributed by atoms with Crippen LogP contribution >= 0.6 is 0 Å². The number of para-hydroxylation sites is 1. The molecule has 0 fully saturated rings. The summed E-state index contributed by atoms with van der Waals surface area (Å²) in [6.45, 7) is 4.86. The zero-order valence-electron chi connectivity index (χ0n) is 12.3. The largest absolute Gasteiger partial charge is 0.496 e. The molecule has 0 saturated carbocycles. The first-order chi connectivity index (χ1) is 9.69. The zero-order valence-corrected chi connectivity index (χ0v) is 12.3. The van der Waals surface area contributed by atoms with Crippen molar-refractivity contribution >= 4 is 0 Å². The molecular formula is C16H22N2O2. The molecule has 1 atom stereocenters. The smallest absolute Gasteiger partial charge is 0.122 e. The molecule has 1 aromatic carbocycles. The Morgan fingerprint density at radius 3 is 2.70 bits per heavy atom. The summed E-state index contributed by atoms with van der Waals surface area (Å²) < 4.78 is 7.21. The normalized spacial score (nSPS) is 12.4. The number of aliphatic hydroxyl groups is 1. The van der Waals surface area contributed by atoms with Gasteiger partial charge in [0.05, 0.1) is 24.6 Å². The number of aliphatic hydroxyl groups excluding tert-OH is 1. The number of aromatic nitrogens is 2. The van der Waals surface area contributed by atoms with Crippen LogP contribution in [0.2, 0.25) is 0 Å². The van der Waals surface area contributed by atoms with Gasteiger partial charge in [0, 0.05) is 13.0 Å². The van der Waals surface area contributed by atoms with Crippen LogP contribution < -0.4 is 4.74 Å². The first kappa shape index (κ1) is 14.6. The Morgan fingerprint density at radius 2 is 2.05 bits per heavy atom. The highest BCUT2D eigenvalue weighted by Crippen LogP contribution is 2.25. The Labute approximate surface area is 120 Å². The van der Waals surface area contributed by atoms with Crippen LogP contribution in [0, 0.1) is 0 Å². The highest BCUT2D eigenvalue weighted by atomic mass is 16.5. The quantitative estimate of drug-likeness (QED) is 0.881. The third-order valence-electron chi connectivity index (χ3n) is 3.47. The Bertz CT molecular complexity index is 563. The Kier molecular flexibility index (Phi) is 4.79. The SMILES string of the molecule is CCc1cc(C(O)Cc2ccccc2OC)n(CC)n1. The lowest BCUT2D eigenvalue weighted by molar-refractivity contribution is 0.166. The molecule has 0 saturated heterocycles. The minimum atomic E-state index is -0.570. The van der Waals surface area contributed by atoms with Crippen molar-refractivity contribution in [3.63, 3.8) is 0 Å². The van der Waals surface area contributed by atoms with E-state index in [4.69, 9.17) is 4.74 Å². The molecule has 1 aromatic heterocycles. The fourth-order valence-electron chi connectivity index (χ4n) is 2.37. The number of hydrogen-bond acceptors (Lipinski definition) is 3. The molecule has 0 bridgehead atoms. The summed E-state index contributed by atoms with van der Waals surface area (Å²) in [7, 11) is 1.65. The first-order valence-corrected chi connectivity index (χ1v) is 7.06. The molecule has 1 unspecified atom stereocenters. The van der Waals surface area contributed by atoms with Crippen molar-refractivity contribution in [3.8, 4) is 5.75 Å². The van der Waals surface area contributed by atoms with E-state index in [1.165, 1.54) is 0 Å². The highest BCUT2D eigenvalue weighted by molar-refractivity contribution is 5.34. The minimum Gasteiger partial charge on any atom is -0.496 e. The molecule has 0 radical (unpaired) electrons. The number of hydrogen-bond donors (Lipinski definition) is 1. The summed E-state index contributed by atoms with van der Waals surface area (Å²) in [5.74, 6) is 0.810. The van der Waals surface area contributed by atoms with Gasteiger partial charge in [-0.2, -0.15) is 5.10 Å². The predicted octanol–water partition coefficient (Wildman–Crippen LogP) is 2.75. The summed E-state index contributed by atoms with van der Waals surface area (Å²) in [6, 6.07) is 9.77. The van der Waals surface area contributed by atoms with E-state index in [1.807, 2.05) is 41.9 Å². The number of ether oxygens (including phenoxy) is 1. The summed E-state index contributed by atoms with van der Waals surface area (Å²) in [5.41, 5.74) is 2.89. The molecule has 2 aromatic rings. The third-order valence-corrected chi connectivity index (χ3v) is 3.47. The van der Waals surface area contributed by atoms with Gasteiger partial charge in [0.1, 0.15) is 5.75 Å². The second kappa shape index (κ2) is 6.57. The van der Waals surface area contributed by atoms with Gasteiger partial charge < -0.3 is 9.84 Å². The standard InChI is InChI=1S/C16H22N2O2/c1-4-13-11-14(18(5-2)17-13)15(19)10-12-8-6-7-9-16(12)20-3/h6-9,11,15,19H,4-5,10H2,1-3H3. The molecular weight excluding hydrogens is 252 g/mol. The van der Waals surface area contributed by atoms with Crippen LogP contribution in [-0.2, 0) is 19.4 Å². The second-order valence-electron chi connectivity index (χ2n) is 4.76. The second-order valence-corrected chi connectivity index (χ2v) is 4.76. The average Bonchev–Trinajstić information content (AvgIpc) is 2.91. The lowest BCUT2D eigenvalue weighted by Gasteiger charge is -2.14. The molecule has 1 heterocycles. The molecule has 20 heavy (non-hydrogen) atoms. The summed E-state index contributed by atoms with van der Waals surface area (Å²) in [6.07, 6.45) is 0.833. The zero-order chi connectivity index (χ0) is 14.5. The van der Waals surface area contributed by atoms with Gasteiger partial charge in [-0.05, 0) is 31.0 Å². The molecule has 0 aliphatic carbocycles. The highest BCUT2D eigenvalue weighted by Gasteiger charge is 2.17. The van der Waals surface area contributed by atoms with Crippen molar-refractivity contribution in [2.24, 2.45) is 0 Å². The Balaban J connectivity index is 2.23. The molecule has 108 valence electrons. The van der Waals surface area contributed by atoms with Crippen LogP contribution in [0.15, 0.2) is 30.3 Å². The lowest BCUT2D eigenvalue weighted by Crippen LogP contribution is -2.10. The Morgan fingerprint density at radius 1 is 1.30 bits per heavy atom. The van der Waals surface area contributed by atoms with Gasteiger partial charge >= 0.3 is 0 Å². The summed E-state index contributed by atoms with van der Waals surface area (Å²) >= 11 is 0. The van der Waals surface area contributed by atoms with Crippen molar-refractivity contribution in [1.82, 2.24) is 9.78 Å². The summed E-state index contributed by atoms with van der Waals surface area (Å²) in [4.78, 5) is 0. The minimum absolute atomic E-state index is 0.527. The number of aryl methyl sites for hydroxylation is 2. The van der Waals surface area contributed by atoms with Crippen molar-refractivity contribution in [3.05, 3.63) is 47.3 Å². The predicted molar refractivity (Wildman–Crippen MR) is 78.9 cm³/mol. The van der Waals surface area contributed by atoms with Crippen molar-refractivity contribution in [2.75, 3.05) is 7.11 Å². The first-order valence-electron chi connectivity index (χ1n) is 7.06. The van der Waals surface area contributed by atoms with E-state index in [0.717, 1.165) is 35.7 Å². The van der Waals surface area contributed by atoms with E-state index < -0.39 is 6.10 Å². The number of methoxy groups -OCH3 is 1. The van der Waals surface area contributed by atoms with E-state index >= 15 is 0 Å². The molecule has 4 heteroatoms. The van der Waals surface area contributed by atoms with Gasteiger partial charge in [0.25, 0.3) is 0 Å². The third kappa shape index (κ3) is 3.02. The number of benzene rings is 1. The maximum absolute atomic E-state index is 10.5. The number of nitrogens with zero attached hydrogens (tertiary/aromatic N) is 2. The van der Waals surface area contributed by atoms with Crippen LogP contribution in [0.25, 0.3) is 0 Å². The van der Waals surface area contributed by atoms with Gasteiger partial charge in [-0.1, -0.05) is 25.1 Å². The van der Waals surface area contributed by atoms with Crippen LogP contribution in [-0.4, -0.2) is 22.0 Å². The molecule has 0 spiro atoms. The van der Waals surface area contributed by atoms with Crippen LogP contribution in [0.5, 0.6) is 5.75 Å². The van der Waals surface area contributed by atoms with Crippen molar-refractivity contribution in [2.45, 2.75) is 39.3 Å². The van der Waals surface area contributed by atoms with Gasteiger partial charge in [0.15, 0.2) is 0 Å².